The van der Waals surface area contributed by atoms with Gasteiger partial charge in [0.05, 0.1) is 12.2 Å². The van der Waals surface area contributed by atoms with Gasteiger partial charge < -0.3 is 15.5 Å². The third-order valence-electron chi connectivity index (χ3n) is 4.80. The lowest BCUT2D eigenvalue weighted by Gasteiger charge is -2.19. The van der Waals surface area contributed by atoms with Crippen molar-refractivity contribution in [2.75, 3.05) is 32.6 Å². The lowest BCUT2D eigenvalue weighted by molar-refractivity contribution is 0.559. The second-order valence-corrected chi connectivity index (χ2v) is 6.92. The smallest absolute Gasteiger partial charge is 0.191 e. The van der Waals surface area contributed by atoms with Gasteiger partial charge in [-0.15, -0.1) is 0 Å². The molecule has 138 valence electrons. The molecule has 1 aromatic heterocycles. The van der Waals surface area contributed by atoms with Crippen LogP contribution in [0.25, 0.3) is 0 Å². The van der Waals surface area contributed by atoms with E-state index in [1.54, 1.807) is 13.1 Å². The SMILES string of the molecule is CN=C(NCc1cccc(N(C)C)n1)NCC1(c2ccccc2F)CC1. The van der Waals surface area contributed by atoms with Crippen molar-refractivity contribution in [3.63, 3.8) is 0 Å². The predicted molar refractivity (Wildman–Crippen MR) is 104 cm³/mol. The molecule has 1 fully saturated rings. The highest BCUT2D eigenvalue weighted by molar-refractivity contribution is 5.79. The van der Waals surface area contributed by atoms with E-state index in [1.807, 2.05) is 49.3 Å². The van der Waals surface area contributed by atoms with E-state index in [-0.39, 0.29) is 11.2 Å². The molecule has 1 aromatic carbocycles. The van der Waals surface area contributed by atoms with Gasteiger partial charge in [-0.25, -0.2) is 9.37 Å². The number of anilines is 1. The zero-order valence-electron chi connectivity index (χ0n) is 15.6. The first-order valence-electron chi connectivity index (χ1n) is 8.87. The van der Waals surface area contributed by atoms with E-state index in [4.69, 9.17) is 0 Å². The van der Waals surface area contributed by atoms with Gasteiger partial charge in [0.2, 0.25) is 0 Å². The Labute approximate surface area is 154 Å². The summed E-state index contributed by atoms with van der Waals surface area (Å²) in [5.41, 5.74) is 1.61. The molecule has 26 heavy (non-hydrogen) atoms. The van der Waals surface area contributed by atoms with Gasteiger partial charge in [-0.3, -0.25) is 4.99 Å². The van der Waals surface area contributed by atoms with Crippen LogP contribution in [0.1, 0.15) is 24.1 Å². The van der Waals surface area contributed by atoms with E-state index >= 15 is 0 Å². The van der Waals surface area contributed by atoms with Crippen LogP contribution in [0.2, 0.25) is 0 Å². The molecule has 2 aromatic rings. The molecule has 0 spiro atoms. The first-order chi connectivity index (χ1) is 12.5. The van der Waals surface area contributed by atoms with Crippen LogP contribution in [-0.4, -0.2) is 38.6 Å². The molecule has 1 heterocycles. The van der Waals surface area contributed by atoms with Crippen LogP contribution in [-0.2, 0) is 12.0 Å². The van der Waals surface area contributed by atoms with E-state index in [1.165, 1.54) is 6.07 Å². The summed E-state index contributed by atoms with van der Waals surface area (Å²) in [5.74, 6) is 1.49. The van der Waals surface area contributed by atoms with E-state index in [2.05, 4.69) is 20.6 Å². The number of nitrogens with one attached hydrogen (secondary N) is 2. The van der Waals surface area contributed by atoms with Crippen molar-refractivity contribution in [1.29, 1.82) is 0 Å². The minimum absolute atomic E-state index is 0.119. The highest BCUT2D eigenvalue weighted by Gasteiger charge is 2.45. The molecule has 2 N–H and O–H groups in total. The predicted octanol–water partition coefficient (Wildman–Crippen LogP) is 2.68. The van der Waals surface area contributed by atoms with Gasteiger partial charge >= 0.3 is 0 Å². The fourth-order valence-electron chi connectivity index (χ4n) is 3.05. The highest BCUT2D eigenvalue weighted by atomic mass is 19.1. The zero-order valence-corrected chi connectivity index (χ0v) is 15.6. The number of nitrogens with zero attached hydrogens (tertiary/aromatic N) is 3. The summed E-state index contributed by atoms with van der Waals surface area (Å²) >= 11 is 0. The summed E-state index contributed by atoms with van der Waals surface area (Å²) < 4.78 is 14.1. The van der Waals surface area contributed by atoms with E-state index in [0.717, 1.165) is 29.9 Å². The van der Waals surface area contributed by atoms with E-state index in [0.29, 0.717) is 19.0 Å². The van der Waals surface area contributed by atoms with Crippen molar-refractivity contribution in [2.45, 2.75) is 24.8 Å². The monoisotopic (exact) mass is 355 g/mol. The van der Waals surface area contributed by atoms with Gasteiger partial charge in [-0.2, -0.15) is 0 Å². The lowest BCUT2D eigenvalue weighted by Crippen LogP contribution is -2.41. The minimum Gasteiger partial charge on any atom is -0.363 e. The second-order valence-electron chi connectivity index (χ2n) is 6.92. The molecule has 0 radical (unpaired) electrons. The molecule has 0 unspecified atom stereocenters. The van der Waals surface area contributed by atoms with Crippen molar-refractivity contribution in [3.05, 3.63) is 59.5 Å². The van der Waals surface area contributed by atoms with Crippen molar-refractivity contribution in [1.82, 2.24) is 15.6 Å². The number of aromatic nitrogens is 1. The maximum Gasteiger partial charge on any atom is 0.191 e. The fourth-order valence-corrected chi connectivity index (χ4v) is 3.05. The molecule has 0 aliphatic heterocycles. The number of aliphatic imine (C=N–C) groups is 1. The van der Waals surface area contributed by atoms with Crippen molar-refractivity contribution in [2.24, 2.45) is 4.99 Å². The number of benzene rings is 1. The van der Waals surface area contributed by atoms with E-state index < -0.39 is 0 Å². The van der Waals surface area contributed by atoms with Crippen LogP contribution in [0.15, 0.2) is 47.5 Å². The molecule has 0 bridgehead atoms. The Hall–Kier alpha value is -2.63. The molecule has 1 aliphatic rings. The van der Waals surface area contributed by atoms with Crippen LogP contribution in [0, 0.1) is 5.82 Å². The van der Waals surface area contributed by atoms with Crippen molar-refractivity contribution >= 4 is 11.8 Å². The Bertz CT molecular complexity index is 783. The molecule has 3 rings (SSSR count). The molecule has 6 heteroatoms. The number of guanidine groups is 1. The Morgan fingerprint density at radius 1 is 1.15 bits per heavy atom. The average molecular weight is 355 g/mol. The van der Waals surface area contributed by atoms with Gasteiger partial charge in [-0.1, -0.05) is 24.3 Å². The van der Waals surface area contributed by atoms with Crippen LogP contribution in [0.4, 0.5) is 10.2 Å². The first-order valence-corrected chi connectivity index (χ1v) is 8.87. The van der Waals surface area contributed by atoms with Crippen LogP contribution >= 0.6 is 0 Å². The molecule has 0 saturated heterocycles. The van der Waals surface area contributed by atoms with Crippen LogP contribution in [0.3, 0.4) is 0 Å². The Morgan fingerprint density at radius 2 is 1.92 bits per heavy atom. The van der Waals surface area contributed by atoms with Crippen LogP contribution in [0.5, 0.6) is 0 Å². The number of hydrogen-bond donors (Lipinski definition) is 2. The summed E-state index contributed by atoms with van der Waals surface area (Å²) in [5, 5.41) is 6.62. The summed E-state index contributed by atoms with van der Waals surface area (Å²) in [6, 6.07) is 13.0. The largest absolute Gasteiger partial charge is 0.363 e. The molecular formula is C20H26FN5. The third-order valence-corrected chi connectivity index (χ3v) is 4.80. The summed E-state index contributed by atoms with van der Waals surface area (Å²) in [6.07, 6.45) is 1.98. The lowest BCUT2D eigenvalue weighted by atomic mass is 9.95. The first kappa shape index (κ1) is 18.2. The quantitative estimate of drug-likeness (QED) is 0.618. The van der Waals surface area contributed by atoms with Gasteiger partial charge in [0.25, 0.3) is 0 Å². The van der Waals surface area contributed by atoms with Crippen molar-refractivity contribution < 1.29 is 4.39 Å². The summed E-state index contributed by atoms with van der Waals surface area (Å²) in [7, 11) is 5.68. The molecule has 0 amide bonds. The minimum atomic E-state index is -0.126. The van der Waals surface area contributed by atoms with Gasteiger partial charge in [0.15, 0.2) is 5.96 Å². The molecule has 5 nitrogen and oxygen atoms in total. The molecular weight excluding hydrogens is 329 g/mol. The average Bonchev–Trinajstić information content (AvgIpc) is 3.43. The highest BCUT2D eigenvalue weighted by Crippen LogP contribution is 2.48. The normalized spacial score (nSPS) is 15.5. The van der Waals surface area contributed by atoms with Gasteiger partial charge in [-0.05, 0) is 36.6 Å². The zero-order chi connectivity index (χ0) is 18.6. The second kappa shape index (κ2) is 7.72. The molecule has 1 aliphatic carbocycles. The summed E-state index contributed by atoms with van der Waals surface area (Å²) in [4.78, 5) is 10.8. The third kappa shape index (κ3) is 4.12. The maximum atomic E-state index is 14.1. The topological polar surface area (TPSA) is 52.6 Å². The fraction of sp³-hybridized carbons (Fsp3) is 0.400. The Morgan fingerprint density at radius 3 is 2.58 bits per heavy atom. The van der Waals surface area contributed by atoms with Crippen molar-refractivity contribution in [3.8, 4) is 0 Å². The van der Waals surface area contributed by atoms with Gasteiger partial charge in [0, 0.05) is 33.1 Å². The summed E-state index contributed by atoms with van der Waals surface area (Å²) in [6.45, 7) is 1.24. The van der Waals surface area contributed by atoms with E-state index in [9.17, 15) is 4.39 Å². The Kier molecular flexibility index (Phi) is 5.40. The number of rotatable bonds is 6. The standard InChI is InChI=1S/C20H26FN5/c1-22-19(23-13-15-7-6-10-18(25-15)26(2)3)24-14-20(11-12-20)16-8-4-5-9-17(16)21/h4-10H,11-14H2,1-3H3,(H2,22,23,24). The molecule has 1 saturated carbocycles. The number of hydrogen-bond acceptors (Lipinski definition) is 3. The number of halogens is 1. The van der Waals surface area contributed by atoms with Crippen LogP contribution < -0.4 is 15.5 Å². The number of pyridine rings is 1. The maximum absolute atomic E-state index is 14.1. The molecule has 0 atom stereocenters. The Balaban J connectivity index is 1.58. The van der Waals surface area contributed by atoms with Gasteiger partial charge in [0.1, 0.15) is 11.6 Å².